The number of amides is 1. The second kappa shape index (κ2) is 7.83. The van der Waals surface area contributed by atoms with Crippen LogP contribution in [0.1, 0.15) is 15.2 Å². The Bertz CT molecular complexity index is 723. The Hall–Kier alpha value is -0.470. The molecule has 1 fully saturated rings. The van der Waals surface area contributed by atoms with Crippen LogP contribution in [0.5, 0.6) is 0 Å². The Labute approximate surface area is 165 Å². The lowest BCUT2D eigenvalue weighted by molar-refractivity contribution is 0.0631. The van der Waals surface area contributed by atoms with Crippen molar-refractivity contribution in [2.24, 2.45) is 0 Å². The summed E-state index contributed by atoms with van der Waals surface area (Å²) in [5.74, 6) is -0.246. The van der Waals surface area contributed by atoms with Crippen LogP contribution in [0.25, 0.3) is 0 Å². The van der Waals surface area contributed by atoms with Crippen LogP contribution in [0.15, 0.2) is 32.5 Å². The molecule has 0 spiro atoms. The molecule has 0 N–H and O–H groups in total. The van der Waals surface area contributed by atoms with Crippen molar-refractivity contribution in [3.8, 4) is 0 Å². The largest absolute Gasteiger partial charge is 0.335 e. The van der Waals surface area contributed by atoms with Crippen molar-refractivity contribution >= 4 is 60.7 Å². The zero-order chi connectivity index (χ0) is 17.3. The molecule has 1 saturated heterocycles. The molecular formula is C16H14Br2ClFN2OS. The first-order valence-electron chi connectivity index (χ1n) is 7.35. The van der Waals surface area contributed by atoms with E-state index in [1.807, 2.05) is 11.0 Å². The van der Waals surface area contributed by atoms with E-state index in [1.165, 1.54) is 17.4 Å². The molecule has 0 aliphatic carbocycles. The highest BCUT2D eigenvalue weighted by Gasteiger charge is 2.24. The minimum atomic E-state index is -0.283. The van der Waals surface area contributed by atoms with Crippen LogP contribution in [0.3, 0.4) is 0 Å². The standard InChI is InChI=1S/C16H14Br2ClFN2OS/c17-11-8-14(24-15(11)18)16(23)22-6-4-21(5-7-22)9-10-12(19)2-1-3-13(10)20/h1-3,8H,4-7,9H2. The van der Waals surface area contributed by atoms with Crippen LogP contribution in [-0.2, 0) is 6.54 Å². The number of carbonyl (C=O) groups excluding carboxylic acids is 1. The maximum absolute atomic E-state index is 13.9. The molecule has 8 heteroatoms. The van der Waals surface area contributed by atoms with E-state index in [0.717, 1.165) is 8.26 Å². The van der Waals surface area contributed by atoms with Gasteiger partial charge in [0.25, 0.3) is 5.91 Å². The van der Waals surface area contributed by atoms with Gasteiger partial charge in [0.05, 0.1) is 8.66 Å². The summed E-state index contributed by atoms with van der Waals surface area (Å²) < 4.78 is 15.7. The van der Waals surface area contributed by atoms with Gasteiger partial charge in [-0.05, 0) is 50.1 Å². The van der Waals surface area contributed by atoms with Crippen LogP contribution in [0.2, 0.25) is 5.02 Å². The van der Waals surface area contributed by atoms with E-state index in [4.69, 9.17) is 11.6 Å². The van der Waals surface area contributed by atoms with Crippen molar-refractivity contribution in [1.29, 1.82) is 0 Å². The van der Waals surface area contributed by atoms with Gasteiger partial charge in [-0.15, -0.1) is 11.3 Å². The van der Waals surface area contributed by atoms with Gasteiger partial charge in [-0.3, -0.25) is 9.69 Å². The van der Waals surface area contributed by atoms with Crippen molar-refractivity contribution in [2.75, 3.05) is 26.2 Å². The molecule has 0 radical (unpaired) electrons. The number of piperazine rings is 1. The highest BCUT2D eigenvalue weighted by atomic mass is 79.9. The maximum Gasteiger partial charge on any atom is 0.264 e. The average molecular weight is 497 g/mol. The zero-order valence-electron chi connectivity index (χ0n) is 12.6. The van der Waals surface area contributed by atoms with E-state index >= 15 is 0 Å². The predicted octanol–water partition coefficient (Wildman–Crippen LogP) is 5.02. The number of thiophene rings is 1. The van der Waals surface area contributed by atoms with Crippen LogP contribution in [-0.4, -0.2) is 41.9 Å². The Balaban J connectivity index is 1.60. The van der Waals surface area contributed by atoms with E-state index in [1.54, 1.807) is 12.1 Å². The summed E-state index contributed by atoms with van der Waals surface area (Å²) in [5.41, 5.74) is 0.519. The molecule has 0 atom stereocenters. The fraction of sp³-hybridized carbons (Fsp3) is 0.312. The lowest BCUT2D eigenvalue weighted by atomic mass is 10.2. The first kappa shape index (κ1) is 18.3. The maximum atomic E-state index is 13.9. The number of halogens is 4. The van der Waals surface area contributed by atoms with Crippen molar-refractivity contribution in [1.82, 2.24) is 9.80 Å². The summed E-state index contributed by atoms with van der Waals surface area (Å²) in [6.07, 6.45) is 0. The molecule has 1 aliphatic heterocycles. The first-order valence-corrected chi connectivity index (χ1v) is 10.1. The third-order valence-corrected chi connectivity index (χ3v) is 7.56. The fourth-order valence-electron chi connectivity index (χ4n) is 2.62. The van der Waals surface area contributed by atoms with Gasteiger partial charge in [-0.2, -0.15) is 0 Å². The van der Waals surface area contributed by atoms with Gasteiger partial charge in [-0.1, -0.05) is 17.7 Å². The van der Waals surface area contributed by atoms with Gasteiger partial charge in [0.1, 0.15) is 5.82 Å². The molecule has 2 aromatic rings. The van der Waals surface area contributed by atoms with Gasteiger partial charge >= 0.3 is 0 Å². The summed E-state index contributed by atoms with van der Waals surface area (Å²) >= 11 is 14.3. The number of carbonyl (C=O) groups is 1. The van der Waals surface area contributed by atoms with Crippen LogP contribution in [0, 0.1) is 5.82 Å². The molecule has 1 aromatic heterocycles. The Morgan fingerprint density at radius 3 is 2.54 bits per heavy atom. The topological polar surface area (TPSA) is 23.6 Å². The normalized spacial score (nSPS) is 15.8. The molecule has 1 amide bonds. The van der Waals surface area contributed by atoms with E-state index < -0.39 is 0 Å². The molecule has 1 aliphatic rings. The molecule has 0 saturated carbocycles. The number of hydrogen-bond acceptors (Lipinski definition) is 3. The van der Waals surface area contributed by atoms with Crippen molar-refractivity contribution in [3.63, 3.8) is 0 Å². The highest BCUT2D eigenvalue weighted by molar-refractivity contribution is 9.13. The lowest BCUT2D eigenvalue weighted by Crippen LogP contribution is -2.48. The van der Waals surface area contributed by atoms with Gasteiger partial charge in [0.2, 0.25) is 0 Å². The SMILES string of the molecule is O=C(c1cc(Br)c(Br)s1)N1CCN(Cc2c(F)cccc2Cl)CC1. The van der Waals surface area contributed by atoms with Gasteiger partial charge < -0.3 is 4.90 Å². The minimum absolute atomic E-state index is 0.0370. The van der Waals surface area contributed by atoms with Crippen LogP contribution in [0.4, 0.5) is 4.39 Å². The average Bonchev–Trinajstić information content (AvgIpc) is 2.90. The third kappa shape index (κ3) is 4.02. The minimum Gasteiger partial charge on any atom is -0.335 e. The van der Waals surface area contributed by atoms with Crippen molar-refractivity contribution < 1.29 is 9.18 Å². The van der Waals surface area contributed by atoms with Crippen LogP contribution < -0.4 is 0 Å². The van der Waals surface area contributed by atoms with Crippen molar-refractivity contribution in [3.05, 3.63) is 53.8 Å². The van der Waals surface area contributed by atoms with Gasteiger partial charge in [0, 0.05) is 47.8 Å². The van der Waals surface area contributed by atoms with Gasteiger partial charge in [0.15, 0.2) is 0 Å². The van der Waals surface area contributed by atoms with Gasteiger partial charge in [-0.25, -0.2) is 4.39 Å². The van der Waals surface area contributed by atoms with E-state index in [0.29, 0.717) is 48.2 Å². The van der Waals surface area contributed by atoms with E-state index in [2.05, 4.69) is 36.8 Å². The number of nitrogens with zero attached hydrogens (tertiary/aromatic N) is 2. The second-order valence-corrected chi connectivity index (χ2v) is 9.13. The summed E-state index contributed by atoms with van der Waals surface area (Å²) in [6, 6.07) is 6.57. The Kier molecular flexibility index (Phi) is 5.98. The highest BCUT2D eigenvalue weighted by Crippen LogP contribution is 2.33. The third-order valence-electron chi connectivity index (χ3n) is 3.96. The zero-order valence-corrected chi connectivity index (χ0v) is 17.3. The number of hydrogen-bond donors (Lipinski definition) is 0. The first-order chi connectivity index (χ1) is 11.5. The Morgan fingerprint density at radius 2 is 1.96 bits per heavy atom. The molecule has 0 bridgehead atoms. The molecule has 24 heavy (non-hydrogen) atoms. The molecular weight excluding hydrogens is 483 g/mol. The van der Waals surface area contributed by atoms with E-state index in [-0.39, 0.29) is 11.7 Å². The number of rotatable bonds is 3. The summed E-state index contributed by atoms with van der Waals surface area (Å²) in [5, 5.41) is 0.446. The predicted molar refractivity (Wildman–Crippen MR) is 102 cm³/mol. The van der Waals surface area contributed by atoms with E-state index in [9.17, 15) is 9.18 Å². The molecule has 2 heterocycles. The fourth-order valence-corrected chi connectivity index (χ4v) is 4.85. The molecule has 0 unspecified atom stereocenters. The summed E-state index contributed by atoms with van der Waals surface area (Å²) in [4.78, 5) is 17.2. The number of benzene rings is 1. The second-order valence-electron chi connectivity index (χ2n) is 5.50. The molecule has 1 aromatic carbocycles. The lowest BCUT2D eigenvalue weighted by Gasteiger charge is -2.34. The summed E-state index contributed by atoms with van der Waals surface area (Å²) in [6.45, 7) is 3.11. The van der Waals surface area contributed by atoms with Crippen molar-refractivity contribution in [2.45, 2.75) is 6.54 Å². The quantitative estimate of drug-likeness (QED) is 0.596. The summed E-state index contributed by atoms with van der Waals surface area (Å²) in [7, 11) is 0. The monoisotopic (exact) mass is 494 g/mol. The molecule has 3 nitrogen and oxygen atoms in total. The Morgan fingerprint density at radius 1 is 1.25 bits per heavy atom. The molecule has 3 rings (SSSR count). The van der Waals surface area contributed by atoms with Crippen LogP contribution >= 0.6 is 54.8 Å². The smallest absolute Gasteiger partial charge is 0.264 e. The molecule has 128 valence electrons.